The number of nitrogens with zero attached hydrogens (tertiary/aromatic N) is 1. The molecular weight excluding hydrogens is 246 g/mol. The smallest absolute Gasteiger partial charge is 0.0715 e. The highest BCUT2D eigenvalue weighted by molar-refractivity contribution is 5.26. The van der Waals surface area contributed by atoms with Crippen LogP contribution in [0, 0.1) is 0 Å². The Morgan fingerprint density at radius 1 is 1.25 bits per heavy atom. The Balaban J connectivity index is 1.67. The lowest BCUT2D eigenvalue weighted by Crippen LogP contribution is -2.48. The van der Waals surface area contributed by atoms with Crippen LogP contribution in [0.5, 0.6) is 0 Å². The minimum absolute atomic E-state index is 0.481. The van der Waals surface area contributed by atoms with Crippen LogP contribution in [0.3, 0.4) is 0 Å². The maximum absolute atomic E-state index is 10.9. The first-order valence-electron chi connectivity index (χ1n) is 8.11. The molecular formula is C18H27NO. The van der Waals surface area contributed by atoms with Crippen molar-refractivity contribution in [1.82, 2.24) is 4.90 Å². The maximum atomic E-state index is 10.9. The second kappa shape index (κ2) is 5.50. The summed E-state index contributed by atoms with van der Waals surface area (Å²) in [5.41, 5.74) is 2.18. The first-order valence-corrected chi connectivity index (χ1v) is 8.11. The van der Waals surface area contributed by atoms with Gasteiger partial charge in [0.1, 0.15) is 0 Å². The van der Waals surface area contributed by atoms with Crippen LogP contribution >= 0.6 is 0 Å². The summed E-state index contributed by atoms with van der Waals surface area (Å²) in [5, 5.41) is 10.9. The molecule has 2 fully saturated rings. The van der Waals surface area contributed by atoms with Crippen molar-refractivity contribution in [3.63, 3.8) is 0 Å². The van der Waals surface area contributed by atoms with E-state index in [1.165, 1.54) is 30.5 Å². The first-order chi connectivity index (χ1) is 9.56. The lowest BCUT2D eigenvalue weighted by atomic mass is 9.81. The third-order valence-corrected chi connectivity index (χ3v) is 5.16. The third kappa shape index (κ3) is 2.91. The van der Waals surface area contributed by atoms with Crippen LogP contribution in [0.1, 0.15) is 56.6 Å². The summed E-state index contributed by atoms with van der Waals surface area (Å²) in [6.45, 7) is 6.76. The van der Waals surface area contributed by atoms with Gasteiger partial charge in [-0.2, -0.15) is 0 Å². The predicted molar refractivity (Wildman–Crippen MR) is 83.0 cm³/mol. The molecule has 2 nitrogen and oxygen atoms in total. The van der Waals surface area contributed by atoms with Gasteiger partial charge in [-0.15, -0.1) is 0 Å². The van der Waals surface area contributed by atoms with Crippen LogP contribution in [-0.2, 0) is 6.42 Å². The molecule has 0 aromatic heterocycles. The molecule has 2 aliphatic rings. The summed E-state index contributed by atoms with van der Waals surface area (Å²) in [6, 6.07) is 9.47. The summed E-state index contributed by atoms with van der Waals surface area (Å²) >= 11 is 0. The Morgan fingerprint density at radius 2 is 2.00 bits per heavy atom. The number of benzene rings is 1. The van der Waals surface area contributed by atoms with Crippen LogP contribution in [0.4, 0.5) is 0 Å². The van der Waals surface area contributed by atoms with Crippen LogP contribution in [-0.4, -0.2) is 34.7 Å². The van der Waals surface area contributed by atoms with Gasteiger partial charge < -0.3 is 10.0 Å². The van der Waals surface area contributed by atoms with Gasteiger partial charge in [-0.25, -0.2) is 0 Å². The van der Waals surface area contributed by atoms with E-state index >= 15 is 0 Å². The standard InChI is InChI=1S/C18H27NO/c1-14(2)16-7-5-15(6-8-16)12-18(20)9-11-19-10-3-4-17(19)13-18/h5-8,14,17,20H,3-4,9-13H2,1-2H3. The monoisotopic (exact) mass is 273 g/mol. The molecule has 3 rings (SSSR count). The van der Waals surface area contributed by atoms with E-state index in [4.69, 9.17) is 0 Å². The van der Waals surface area contributed by atoms with Crippen molar-refractivity contribution >= 4 is 0 Å². The van der Waals surface area contributed by atoms with E-state index in [1.54, 1.807) is 0 Å². The molecule has 2 aliphatic heterocycles. The van der Waals surface area contributed by atoms with E-state index in [0.29, 0.717) is 12.0 Å². The lowest BCUT2D eigenvalue weighted by molar-refractivity contribution is -0.0354. The van der Waals surface area contributed by atoms with Gasteiger partial charge in [0.25, 0.3) is 0 Å². The molecule has 1 N–H and O–H groups in total. The third-order valence-electron chi connectivity index (χ3n) is 5.16. The van der Waals surface area contributed by atoms with Gasteiger partial charge in [0.15, 0.2) is 0 Å². The van der Waals surface area contributed by atoms with Crippen molar-refractivity contribution in [2.75, 3.05) is 13.1 Å². The predicted octanol–water partition coefficient (Wildman–Crippen LogP) is 3.34. The van der Waals surface area contributed by atoms with E-state index in [9.17, 15) is 5.11 Å². The van der Waals surface area contributed by atoms with Gasteiger partial charge in [-0.1, -0.05) is 38.1 Å². The van der Waals surface area contributed by atoms with Crippen LogP contribution in [0.25, 0.3) is 0 Å². The summed E-state index contributed by atoms with van der Waals surface area (Å²) in [4.78, 5) is 2.57. The number of piperidine rings is 1. The van der Waals surface area contributed by atoms with Crippen molar-refractivity contribution < 1.29 is 5.11 Å². The van der Waals surface area contributed by atoms with Crippen molar-refractivity contribution in [2.24, 2.45) is 0 Å². The van der Waals surface area contributed by atoms with E-state index in [0.717, 1.165) is 25.8 Å². The molecule has 0 saturated carbocycles. The fourth-order valence-electron chi connectivity index (χ4n) is 3.87. The van der Waals surface area contributed by atoms with E-state index in [2.05, 4.69) is 43.0 Å². The van der Waals surface area contributed by atoms with Gasteiger partial charge in [0.2, 0.25) is 0 Å². The highest BCUT2D eigenvalue weighted by Gasteiger charge is 2.39. The zero-order chi connectivity index (χ0) is 14.2. The molecule has 2 unspecified atom stereocenters. The van der Waals surface area contributed by atoms with Gasteiger partial charge in [0, 0.05) is 19.0 Å². The number of hydrogen-bond acceptors (Lipinski definition) is 2. The highest BCUT2D eigenvalue weighted by atomic mass is 16.3. The molecule has 0 aliphatic carbocycles. The molecule has 1 aromatic rings. The Labute approximate surface area is 122 Å². The number of hydrogen-bond donors (Lipinski definition) is 1. The van der Waals surface area contributed by atoms with Crippen molar-refractivity contribution in [1.29, 1.82) is 0 Å². The molecule has 2 atom stereocenters. The average molecular weight is 273 g/mol. The van der Waals surface area contributed by atoms with Crippen molar-refractivity contribution in [3.05, 3.63) is 35.4 Å². The molecule has 0 radical (unpaired) electrons. The molecule has 20 heavy (non-hydrogen) atoms. The average Bonchev–Trinajstić information content (AvgIpc) is 2.85. The summed E-state index contributed by atoms with van der Waals surface area (Å²) < 4.78 is 0. The quantitative estimate of drug-likeness (QED) is 0.913. The Morgan fingerprint density at radius 3 is 2.70 bits per heavy atom. The molecule has 2 heteroatoms. The minimum Gasteiger partial charge on any atom is -0.389 e. The van der Waals surface area contributed by atoms with Gasteiger partial charge in [-0.05, 0) is 49.3 Å². The van der Waals surface area contributed by atoms with Gasteiger partial charge in [0.05, 0.1) is 5.60 Å². The normalized spacial score (nSPS) is 30.7. The Bertz CT molecular complexity index is 453. The van der Waals surface area contributed by atoms with Crippen LogP contribution in [0.2, 0.25) is 0 Å². The second-order valence-electron chi connectivity index (χ2n) is 7.08. The topological polar surface area (TPSA) is 23.5 Å². The summed E-state index contributed by atoms with van der Waals surface area (Å²) in [7, 11) is 0. The molecule has 2 saturated heterocycles. The summed E-state index contributed by atoms with van der Waals surface area (Å²) in [6.07, 6.45) is 5.28. The van der Waals surface area contributed by atoms with Crippen LogP contribution in [0.15, 0.2) is 24.3 Å². The highest BCUT2D eigenvalue weighted by Crippen LogP contribution is 2.35. The second-order valence-corrected chi connectivity index (χ2v) is 7.08. The Kier molecular flexibility index (Phi) is 3.87. The Hall–Kier alpha value is -0.860. The maximum Gasteiger partial charge on any atom is 0.0715 e. The minimum atomic E-state index is -0.481. The molecule has 110 valence electrons. The largest absolute Gasteiger partial charge is 0.389 e. The van der Waals surface area contributed by atoms with E-state index < -0.39 is 5.60 Å². The zero-order valence-corrected chi connectivity index (χ0v) is 12.8. The van der Waals surface area contributed by atoms with Gasteiger partial charge >= 0.3 is 0 Å². The van der Waals surface area contributed by atoms with Crippen LogP contribution < -0.4 is 0 Å². The van der Waals surface area contributed by atoms with Crippen molar-refractivity contribution in [3.8, 4) is 0 Å². The van der Waals surface area contributed by atoms with Crippen molar-refractivity contribution in [2.45, 2.75) is 63.5 Å². The fraction of sp³-hybridized carbons (Fsp3) is 0.667. The molecule has 0 spiro atoms. The SMILES string of the molecule is CC(C)c1ccc(CC2(O)CCN3CCCC3C2)cc1. The molecule has 1 aromatic carbocycles. The van der Waals surface area contributed by atoms with E-state index in [1.807, 2.05) is 0 Å². The zero-order valence-electron chi connectivity index (χ0n) is 12.8. The number of fused-ring (bicyclic) bond motifs is 1. The first kappa shape index (κ1) is 14.1. The lowest BCUT2D eigenvalue weighted by Gasteiger charge is -2.41. The van der Waals surface area contributed by atoms with Gasteiger partial charge in [-0.3, -0.25) is 0 Å². The number of rotatable bonds is 3. The van der Waals surface area contributed by atoms with E-state index in [-0.39, 0.29) is 0 Å². The molecule has 0 bridgehead atoms. The molecule has 2 heterocycles. The summed E-state index contributed by atoms with van der Waals surface area (Å²) in [5.74, 6) is 0.578. The fourth-order valence-corrected chi connectivity index (χ4v) is 3.87. The molecule has 0 amide bonds. The number of aliphatic hydroxyl groups is 1.